The van der Waals surface area contributed by atoms with Gasteiger partial charge in [0, 0.05) is 22.0 Å². The molecule has 7 heteroatoms. The van der Waals surface area contributed by atoms with Crippen LogP contribution >= 0.6 is 15.9 Å². The number of carbonyl (C=O) groups excluding carboxylic acids is 2. The minimum atomic E-state index is -0.726. The van der Waals surface area contributed by atoms with Crippen LogP contribution in [0, 0.1) is 0 Å². The number of carbonyl (C=O) groups is 2. The average Bonchev–Trinajstić information content (AvgIpc) is 2.74. The third-order valence-corrected chi connectivity index (χ3v) is 5.06. The quantitative estimate of drug-likeness (QED) is 0.285. The zero-order valence-corrected chi connectivity index (χ0v) is 17.6. The number of unbranched alkanes of at least 4 members (excludes halogenated alkanes) is 2. The van der Waals surface area contributed by atoms with Gasteiger partial charge in [0.25, 0.3) is 5.56 Å². The Bertz CT molecular complexity index is 1090. The normalized spacial score (nSPS) is 10.8. The third-order valence-electron chi connectivity index (χ3n) is 4.54. The van der Waals surface area contributed by atoms with Gasteiger partial charge in [0.2, 0.25) is 0 Å². The molecular weight excluding hydrogens is 436 g/mol. The molecule has 0 atom stereocenters. The summed E-state index contributed by atoms with van der Waals surface area (Å²) in [6.07, 6.45) is 2.76. The number of fused-ring (bicyclic) bond motifs is 1. The van der Waals surface area contributed by atoms with E-state index in [1.807, 2.05) is 0 Å². The lowest BCUT2D eigenvalue weighted by atomic mass is 10.1. The van der Waals surface area contributed by atoms with Crippen LogP contribution in [0.15, 0.2) is 57.8 Å². The summed E-state index contributed by atoms with van der Waals surface area (Å²) in [5.74, 6) is -1.04. The molecule has 6 nitrogen and oxygen atoms in total. The minimum absolute atomic E-state index is 0.0419. The zero-order valence-electron chi connectivity index (χ0n) is 16.1. The predicted octanol–water partition coefficient (Wildman–Crippen LogP) is 4.39. The van der Waals surface area contributed by atoms with Crippen LogP contribution in [0.25, 0.3) is 10.8 Å². The molecule has 0 aliphatic heterocycles. The van der Waals surface area contributed by atoms with E-state index in [-0.39, 0.29) is 17.0 Å². The Balaban J connectivity index is 1.84. The Morgan fingerprint density at radius 2 is 1.72 bits per heavy atom. The lowest BCUT2D eigenvalue weighted by Gasteiger charge is -2.10. The second-order valence-corrected chi connectivity index (χ2v) is 7.55. The molecule has 1 heterocycles. The molecule has 150 valence electrons. The van der Waals surface area contributed by atoms with Crippen LogP contribution < -0.4 is 5.56 Å². The summed E-state index contributed by atoms with van der Waals surface area (Å²) in [6, 6.07) is 13.6. The van der Waals surface area contributed by atoms with Crippen molar-refractivity contribution in [3.8, 4) is 0 Å². The van der Waals surface area contributed by atoms with Crippen molar-refractivity contribution in [1.82, 2.24) is 9.78 Å². The van der Waals surface area contributed by atoms with E-state index in [2.05, 4.69) is 28.0 Å². The van der Waals surface area contributed by atoms with Crippen LogP contribution in [0.3, 0.4) is 0 Å². The zero-order chi connectivity index (χ0) is 20.8. The summed E-state index contributed by atoms with van der Waals surface area (Å²) in [6.45, 7) is 2.10. The van der Waals surface area contributed by atoms with Gasteiger partial charge in [-0.1, -0.05) is 66.0 Å². The van der Waals surface area contributed by atoms with Gasteiger partial charge >= 0.3 is 5.97 Å². The topological polar surface area (TPSA) is 78.3 Å². The van der Waals surface area contributed by atoms with Crippen LogP contribution in [0.1, 0.15) is 47.0 Å². The molecule has 3 aromatic rings. The van der Waals surface area contributed by atoms with Crippen molar-refractivity contribution in [3.63, 3.8) is 0 Å². The van der Waals surface area contributed by atoms with E-state index in [0.29, 0.717) is 22.9 Å². The molecule has 0 aliphatic rings. The Kier molecular flexibility index (Phi) is 6.93. The highest BCUT2D eigenvalue weighted by atomic mass is 79.9. The van der Waals surface area contributed by atoms with E-state index in [1.165, 1.54) is 4.68 Å². The third kappa shape index (κ3) is 4.98. The fourth-order valence-electron chi connectivity index (χ4n) is 2.97. The number of hydrogen-bond acceptors (Lipinski definition) is 5. The number of ketones is 1. The number of aryl methyl sites for hydroxylation is 1. The van der Waals surface area contributed by atoms with Gasteiger partial charge in [0.15, 0.2) is 18.1 Å². The molecule has 0 N–H and O–H groups in total. The van der Waals surface area contributed by atoms with Crippen molar-refractivity contribution in [2.45, 2.75) is 32.7 Å². The van der Waals surface area contributed by atoms with Crippen molar-refractivity contribution in [2.24, 2.45) is 0 Å². The second-order valence-electron chi connectivity index (χ2n) is 6.64. The summed E-state index contributed by atoms with van der Waals surface area (Å²) < 4.78 is 7.39. The van der Waals surface area contributed by atoms with Crippen molar-refractivity contribution in [2.75, 3.05) is 6.61 Å². The van der Waals surface area contributed by atoms with Gasteiger partial charge in [-0.05, 0) is 24.6 Å². The van der Waals surface area contributed by atoms with E-state index in [1.54, 1.807) is 48.5 Å². The monoisotopic (exact) mass is 456 g/mol. The highest BCUT2D eigenvalue weighted by Gasteiger charge is 2.19. The number of benzene rings is 2. The first-order valence-electron chi connectivity index (χ1n) is 9.47. The standard InChI is InChI=1S/C22H21BrN2O4/c1-2-3-6-13-25-21(27)18-8-5-4-7-17(18)20(24-25)22(28)29-14-19(26)15-9-11-16(23)12-10-15/h4-5,7-12H,2-3,6,13-14H2,1H3. The van der Waals surface area contributed by atoms with Crippen molar-refractivity contribution in [3.05, 3.63) is 74.6 Å². The molecule has 0 saturated heterocycles. The van der Waals surface area contributed by atoms with Crippen LogP contribution in [-0.4, -0.2) is 28.1 Å². The largest absolute Gasteiger partial charge is 0.452 e. The van der Waals surface area contributed by atoms with Gasteiger partial charge in [0.1, 0.15) is 0 Å². The lowest BCUT2D eigenvalue weighted by Crippen LogP contribution is -2.27. The Morgan fingerprint density at radius 1 is 1.03 bits per heavy atom. The number of halogens is 1. The molecule has 0 unspecified atom stereocenters. The maximum Gasteiger partial charge on any atom is 0.359 e. The predicted molar refractivity (Wildman–Crippen MR) is 114 cm³/mol. The molecule has 0 saturated carbocycles. The number of rotatable bonds is 8. The summed E-state index contributed by atoms with van der Waals surface area (Å²) in [4.78, 5) is 37.6. The van der Waals surface area contributed by atoms with Gasteiger partial charge in [0.05, 0.1) is 5.39 Å². The highest BCUT2D eigenvalue weighted by Crippen LogP contribution is 2.15. The van der Waals surface area contributed by atoms with E-state index in [0.717, 1.165) is 23.7 Å². The van der Waals surface area contributed by atoms with Gasteiger partial charge in [-0.25, -0.2) is 9.48 Å². The summed E-state index contributed by atoms with van der Waals surface area (Å²) >= 11 is 3.31. The summed E-state index contributed by atoms with van der Waals surface area (Å²) in [7, 11) is 0. The van der Waals surface area contributed by atoms with Crippen molar-refractivity contribution < 1.29 is 14.3 Å². The fourth-order valence-corrected chi connectivity index (χ4v) is 3.23. The first kappa shape index (κ1) is 20.9. The van der Waals surface area contributed by atoms with Crippen LogP contribution in [-0.2, 0) is 11.3 Å². The number of Topliss-reactive ketones (excluding diaryl/α,β-unsaturated/α-hetero) is 1. The van der Waals surface area contributed by atoms with Crippen molar-refractivity contribution >= 4 is 38.5 Å². The number of aromatic nitrogens is 2. The van der Waals surface area contributed by atoms with Crippen LogP contribution in [0.4, 0.5) is 0 Å². The molecule has 1 aromatic heterocycles. The summed E-state index contributed by atoms with van der Waals surface area (Å²) in [5, 5.41) is 5.08. The van der Waals surface area contributed by atoms with Gasteiger partial charge in [-0.3, -0.25) is 9.59 Å². The second kappa shape index (κ2) is 9.60. The molecule has 0 bridgehead atoms. The van der Waals surface area contributed by atoms with Gasteiger partial charge in [-0.15, -0.1) is 0 Å². The van der Waals surface area contributed by atoms with Crippen molar-refractivity contribution in [1.29, 1.82) is 0 Å². The highest BCUT2D eigenvalue weighted by molar-refractivity contribution is 9.10. The fraction of sp³-hybridized carbons (Fsp3) is 0.273. The molecule has 0 fully saturated rings. The molecule has 0 amide bonds. The Labute approximate surface area is 176 Å². The van der Waals surface area contributed by atoms with E-state index in [9.17, 15) is 14.4 Å². The lowest BCUT2D eigenvalue weighted by molar-refractivity contribution is 0.0468. The molecule has 0 radical (unpaired) electrons. The van der Waals surface area contributed by atoms with E-state index >= 15 is 0 Å². The molecule has 0 spiro atoms. The SMILES string of the molecule is CCCCCn1nc(C(=O)OCC(=O)c2ccc(Br)cc2)c2ccccc2c1=O. The maximum atomic E-state index is 12.7. The first-order valence-corrected chi connectivity index (χ1v) is 10.3. The smallest absolute Gasteiger partial charge is 0.359 e. The van der Waals surface area contributed by atoms with Crippen LogP contribution in [0.5, 0.6) is 0 Å². The first-order chi connectivity index (χ1) is 14.0. The Morgan fingerprint density at radius 3 is 2.41 bits per heavy atom. The molecular formula is C22H21BrN2O4. The molecule has 2 aromatic carbocycles. The van der Waals surface area contributed by atoms with E-state index in [4.69, 9.17) is 4.74 Å². The maximum absolute atomic E-state index is 12.7. The average molecular weight is 457 g/mol. The number of esters is 1. The minimum Gasteiger partial charge on any atom is -0.452 e. The molecule has 29 heavy (non-hydrogen) atoms. The molecule has 0 aliphatic carbocycles. The number of ether oxygens (including phenoxy) is 1. The number of hydrogen-bond donors (Lipinski definition) is 0. The molecule has 3 rings (SSSR count). The van der Waals surface area contributed by atoms with Gasteiger partial charge in [-0.2, -0.15) is 5.10 Å². The Hall–Kier alpha value is -2.80. The van der Waals surface area contributed by atoms with E-state index < -0.39 is 12.6 Å². The van der Waals surface area contributed by atoms with Gasteiger partial charge < -0.3 is 4.74 Å². The summed E-state index contributed by atoms with van der Waals surface area (Å²) in [5.41, 5.74) is 0.253. The van der Waals surface area contributed by atoms with Crippen LogP contribution in [0.2, 0.25) is 0 Å². The number of nitrogens with zero attached hydrogens (tertiary/aromatic N) is 2.